The zero-order valence-corrected chi connectivity index (χ0v) is 12.2. The second-order valence-corrected chi connectivity index (χ2v) is 4.82. The number of non-ortho nitro benzene ring substituents is 1. The largest absolute Gasteiger partial charge is 0.478 e. The Morgan fingerprint density at radius 3 is 2.32 bits per heavy atom. The van der Waals surface area contributed by atoms with Crippen LogP contribution in [0.5, 0.6) is 0 Å². The van der Waals surface area contributed by atoms with Crippen LogP contribution in [0.25, 0.3) is 0 Å². The van der Waals surface area contributed by atoms with Crippen molar-refractivity contribution in [3.63, 3.8) is 0 Å². The number of nitro benzene ring substituents is 1. The summed E-state index contributed by atoms with van der Waals surface area (Å²) < 4.78 is 38.0. The molecule has 0 aliphatic rings. The highest BCUT2D eigenvalue weighted by Crippen LogP contribution is 2.31. The van der Waals surface area contributed by atoms with Crippen LogP contribution >= 0.6 is 0 Å². The highest BCUT2D eigenvalue weighted by atomic mass is 19.4. The Bertz CT molecular complexity index is 864. The number of carbonyl (C=O) groups is 2. The molecule has 25 heavy (non-hydrogen) atoms. The van der Waals surface area contributed by atoms with Gasteiger partial charge in [-0.1, -0.05) is 6.07 Å². The van der Waals surface area contributed by atoms with Gasteiger partial charge in [-0.15, -0.1) is 0 Å². The number of nitrogens with one attached hydrogen (secondary N) is 1. The molecule has 0 unspecified atom stereocenters. The summed E-state index contributed by atoms with van der Waals surface area (Å²) in [7, 11) is 0. The van der Waals surface area contributed by atoms with Gasteiger partial charge in [0.2, 0.25) is 0 Å². The van der Waals surface area contributed by atoms with E-state index in [9.17, 15) is 32.9 Å². The Labute approximate surface area is 137 Å². The van der Waals surface area contributed by atoms with Gasteiger partial charge in [0.15, 0.2) is 0 Å². The van der Waals surface area contributed by atoms with E-state index in [4.69, 9.17) is 5.11 Å². The van der Waals surface area contributed by atoms with Crippen LogP contribution in [-0.4, -0.2) is 21.9 Å². The Morgan fingerprint density at radius 2 is 1.76 bits per heavy atom. The van der Waals surface area contributed by atoms with Crippen molar-refractivity contribution < 1.29 is 32.8 Å². The number of anilines is 1. The van der Waals surface area contributed by atoms with Gasteiger partial charge in [0.1, 0.15) is 0 Å². The maximum atomic E-state index is 12.7. The number of rotatable bonds is 4. The summed E-state index contributed by atoms with van der Waals surface area (Å²) in [4.78, 5) is 33.3. The van der Waals surface area contributed by atoms with E-state index < -0.39 is 45.4 Å². The summed E-state index contributed by atoms with van der Waals surface area (Å²) in [5, 5.41) is 21.9. The van der Waals surface area contributed by atoms with Crippen LogP contribution in [0.1, 0.15) is 26.3 Å². The van der Waals surface area contributed by atoms with Crippen LogP contribution in [0.4, 0.5) is 24.5 Å². The number of carbonyl (C=O) groups excluding carboxylic acids is 1. The molecular weight excluding hydrogens is 345 g/mol. The number of alkyl halides is 3. The topological polar surface area (TPSA) is 110 Å². The maximum Gasteiger partial charge on any atom is 0.416 e. The van der Waals surface area contributed by atoms with Gasteiger partial charge in [-0.25, -0.2) is 4.79 Å². The zero-order valence-electron chi connectivity index (χ0n) is 12.2. The summed E-state index contributed by atoms with van der Waals surface area (Å²) in [6.45, 7) is 0. The van der Waals surface area contributed by atoms with Crippen molar-refractivity contribution in [2.75, 3.05) is 5.32 Å². The number of nitro groups is 1. The van der Waals surface area contributed by atoms with Crippen molar-refractivity contribution >= 4 is 23.3 Å². The van der Waals surface area contributed by atoms with Crippen LogP contribution in [0, 0.1) is 10.1 Å². The van der Waals surface area contributed by atoms with E-state index in [1.807, 2.05) is 0 Å². The number of carboxylic acids is 1. The Morgan fingerprint density at radius 1 is 1.08 bits per heavy atom. The first kappa shape index (κ1) is 17.9. The molecule has 0 radical (unpaired) electrons. The zero-order chi connectivity index (χ0) is 18.8. The third-order valence-corrected chi connectivity index (χ3v) is 3.14. The van der Waals surface area contributed by atoms with Gasteiger partial charge in [0.05, 0.1) is 21.6 Å². The summed E-state index contributed by atoms with van der Waals surface area (Å²) in [6, 6.07) is 6.22. The molecule has 0 aliphatic heterocycles. The van der Waals surface area contributed by atoms with Gasteiger partial charge in [0.25, 0.3) is 11.6 Å². The quantitative estimate of drug-likeness (QED) is 0.644. The van der Waals surface area contributed by atoms with Gasteiger partial charge in [-0.2, -0.15) is 13.2 Å². The Balaban J connectivity index is 2.39. The van der Waals surface area contributed by atoms with E-state index in [0.29, 0.717) is 6.07 Å². The molecule has 0 aliphatic carbocycles. The predicted octanol–water partition coefficient (Wildman–Crippen LogP) is 3.56. The molecule has 0 aromatic heterocycles. The number of benzene rings is 2. The smallest absolute Gasteiger partial charge is 0.416 e. The first-order valence-electron chi connectivity index (χ1n) is 6.60. The monoisotopic (exact) mass is 354 g/mol. The van der Waals surface area contributed by atoms with Gasteiger partial charge >= 0.3 is 12.1 Å². The lowest BCUT2D eigenvalue weighted by Crippen LogP contribution is -2.17. The van der Waals surface area contributed by atoms with E-state index in [-0.39, 0.29) is 5.69 Å². The number of nitrogens with zero attached hydrogens (tertiary/aromatic N) is 1. The average Bonchev–Trinajstić information content (AvgIpc) is 2.53. The Kier molecular flexibility index (Phi) is 4.72. The molecule has 7 nitrogen and oxygen atoms in total. The van der Waals surface area contributed by atoms with Crippen molar-refractivity contribution in [3.05, 3.63) is 69.3 Å². The molecule has 1 amide bonds. The SMILES string of the molecule is O=C(O)c1ccc([N+](=O)[O-])cc1C(=O)Nc1cccc(C(F)(F)F)c1. The minimum Gasteiger partial charge on any atom is -0.478 e. The number of aromatic carboxylic acids is 1. The highest BCUT2D eigenvalue weighted by molar-refractivity contribution is 6.11. The van der Waals surface area contributed by atoms with E-state index >= 15 is 0 Å². The molecule has 10 heteroatoms. The fourth-order valence-electron chi connectivity index (χ4n) is 1.99. The molecular formula is C15H9F3N2O5. The molecule has 0 bridgehead atoms. The predicted molar refractivity (Wildman–Crippen MR) is 79.5 cm³/mol. The first-order chi connectivity index (χ1) is 11.6. The summed E-state index contributed by atoms with van der Waals surface area (Å²) in [6.07, 6.45) is -4.63. The lowest BCUT2D eigenvalue weighted by atomic mass is 10.1. The van der Waals surface area contributed by atoms with Gasteiger partial charge in [-0.05, 0) is 24.3 Å². The van der Waals surface area contributed by atoms with Crippen LogP contribution in [0.15, 0.2) is 42.5 Å². The molecule has 2 aromatic carbocycles. The molecule has 0 spiro atoms. The number of hydrogen-bond acceptors (Lipinski definition) is 4. The van der Waals surface area contributed by atoms with Crippen LogP contribution < -0.4 is 5.32 Å². The van der Waals surface area contributed by atoms with Gasteiger partial charge in [0, 0.05) is 17.8 Å². The standard InChI is InChI=1S/C15H9F3N2O5/c16-15(17,18)8-2-1-3-9(6-8)19-13(21)12-7-10(20(24)25)4-5-11(12)14(22)23/h1-7H,(H,19,21)(H,22,23). The van der Waals surface area contributed by atoms with Gasteiger partial charge in [-0.3, -0.25) is 14.9 Å². The van der Waals surface area contributed by atoms with Crippen molar-refractivity contribution in [1.82, 2.24) is 0 Å². The van der Waals surface area contributed by atoms with E-state index in [1.54, 1.807) is 0 Å². The fourth-order valence-corrected chi connectivity index (χ4v) is 1.99. The molecule has 0 saturated heterocycles. The number of amides is 1. The van der Waals surface area contributed by atoms with Crippen molar-refractivity contribution in [1.29, 1.82) is 0 Å². The minimum absolute atomic E-state index is 0.234. The third-order valence-electron chi connectivity index (χ3n) is 3.14. The van der Waals surface area contributed by atoms with Crippen molar-refractivity contribution in [2.24, 2.45) is 0 Å². The molecule has 0 heterocycles. The summed E-state index contributed by atoms with van der Waals surface area (Å²) >= 11 is 0. The second kappa shape index (κ2) is 6.59. The van der Waals surface area contributed by atoms with Crippen LogP contribution in [0.2, 0.25) is 0 Å². The van der Waals surface area contributed by atoms with E-state index in [1.165, 1.54) is 6.07 Å². The third kappa shape index (κ3) is 4.10. The average molecular weight is 354 g/mol. The molecule has 0 fully saturated rings. The normalized spacial score (nSPS) is 11.0. The van der Waals surface area contributed by atoms with Crippen molar-refractivity contribution in [3.8, 4) is 0 Å². The van der Waals surface area contributed by atoms with Crippen LogP contribution in [0.3, 0.4) is 0 Å². The summed E-state index contributed by atoms with van der Waals surface area (Å²) in [5.41, 5.74) is -2.83. The Hall–Kier alpha value is -3.43. The van der Waals surface area contributed by atoms with Crippen molar-refractivity contribution in [2.45, 2.75) is 6.18 Å². The second-order valence-electron chi connectivity index (χ2n) is 4.82. The van der Waals surface area contributed by atoms with Crippen LogP contribution in [-0.2, 0) is 6.18 Å². The molecule has 0 saturated carbocycles. The van der Waals surface area contributed by atoms with E-state index in [0.717, 1.165) is 30.3 Å². The molecule has 2 N–H and O–H groups in total. The fraction of sp³-hybridized carbons (Fsp3) is 0.0667. The lowest BCUT2D eigenvalue weighted by molar-refractivity contribution is -0.384. The van der Waals surface area contributed by atoms with Gasteiger partial charge < -0.3 is 10.4 Å². The lowest BCUT2D eigenvalue weighted by Gasteiger charge is -2.11. The molecule has 2 aromatic rings. The number of carboxylic acid groups (broad SMARTS) is 1. The highest BCUT2D eigenvalue weighted by Gasteiger charge is 2.30. The molecule has 0 atom stereocenters. The maximum absolute atomic E-state index is 12.7. The van der Waals surface area contributed by atoms with E-state index in [2.05, 4.69) is 5.32 Å². The number of halogens is 3. The molecule has 2 rings (SSSR count). The molecule has 130 valence electrons. The first-order valence-corrected chi connectivity index (χ1v) is 6.60. The minimum atomic E-state index is -4.63. The summed E-state index contributed by atoms with van der Waals surface area (Å²) in [5.74, 6) is -2.59. The number of hydrogen-bond donors (Lipinski definition) is 2.